The molecule has 1 aromatic rings. The highest BCUT2D eigenvalue weighted by molar-refractivity contribution is 5.72. The Hall–Kier alpha value is -1.73. The molecule has 0 amide bonds. The minimum absolute atomic E-state index is 0.0142. The molecule has 8 heteroatoms. The van der Waals surface area contributed by atoms with Gasteiger partial charge in [0.2, 0.25) is 0 Å². The summed E-state index contributed by atoms with van der Waals surface area (Å²) < 4.78 is 39.8. The Morgan fingerprint density at radius 3 is 2.35 bits per heavy atom. The topological polar surface area (TPSA) is 81.0 Å². The summed E-state index contributed by atoms with van der Waals surface area (Å²) in [6, 6.07) is 0. The Morgan fingerprint density at radius 2 is 2.00 bits per heavy atom. The van der Waals surface area contributed by atoms with Gasteiger partial charge in [0.15, 0.2) is 5.69 Å². The van der Waals surface area contributed by atoms with Crippen molar-refractivity contribution in [1.82, 2.24) is 10.2 Å². The standard InChI is InChI=1S/C8H14O2.C4H4F3N3/c1-10-8(9)7-5-3-2-4-6-7;5-4(6,7)3-2(8)1-9-10-3/h7H,2-6H2,1H3;1H,8H2,(H,9,10). The molecule has 0 spiro atoms. The van der Waals surface area contributed by atoms with Gasteiger partial charge < -0.3 is 10.5 Å². The number of carbonyl (C=O) groups excluding carboxylic acids is 1. The van der Waals surface area contributed by atoms with Gasteiger partial charge in [0, 0.05) is 0 Å². The number of ether oxygens (including phenoxy) is 1. The van der Waals surface area contributed by atoms with E-state index in [1.54, 1.807) is 5.10 Å². The highest BCUT2D eigenvalue weighted by Gasteiger charge is 2.34. The van der Waals surface area contributed by atoms with Crippen molar-refractivity contribution in [3.63, 3.8) is 0 Å². The van der Waals surface area contributed by atoms with Crippen molar-refractivity contribution in [1.29, 1.82) is 0 Å². The third kappa shape index (κ3) is 4.75. The molecule has 20 heavy (non-hydrogen) atoms. The van der Waals surface area contributed by atoms with Gasteiger partial charge in [-0.3, -0.25) is 9.89 Å². The zero-order valence-electron chi connectivity index (χ0n) is 11.2. The van der Waals surface area contributed by atoms with E-state index >= 15 is 0 Å². The average molecular weight is 293 g/mol. The second-order valence-electron chi connectivity index (χ2n) is 4.56. The summed E-state index contributed by atoms with van der Waals surface area (Å²) in [4.78, 5) is 10.9. The number of alkyl halides is 3. The largest absolute Gasteiger partial charge is 0.469 e. The second kappa shape index (κ2) is 7.16. The molecule has 0 aromatic carbocycles. The number of anilines is 1. The SMILES string of the molecule is COC(=O)C1CCCCC1.Nc1cn[nH]c1C(F)(F)F. The fourth-order valence-electron chi connectivity index (χ4n) is 2.03. The molecular weight excluding hydrogens is 275 g/mol. The highest BCUT2D eigenvalue weighted by Crippen LogP contribution is 2.30. The number of halogens is 3. The number of esters is 1. The molecule has 1 fully saturated rings. The fraction of sp³-hybridized carbons (Fsp3) is 0.667. The van der Waals surface area contributed by atoms with Crippen LogP contribution >= 0.6 is 0 Å². The minimum Gasteiger partial charge on any atom is -0.469 e. The average Bonchev–Trinajstić information content (AvgIpc) is 2.86. The van der Waals surface area contributed by atoms with E-state index in [-0.39, 0.29) is 17.6 Å². The number of hydrogen-bond donors (Lipinski definition) is 2. The number of hydrogen-bond acceptors (Lipinski definition) is 4. The third-order valence-corrected chi connectivity index (χ3v) is 3.09. The summed E-state index contributed by atoms with van der Waals surface area (Å²) in [5.41, 5.74) is 3.54. The molecule has 0 saturated heterocycles. The number of aromatic nitrogens is 2. The van der Waals surface area contributed by atoms with Crippen LogP contribution in [0.4, 0.5) is 18.9 Å². The number of nitrogens with zero attached hydrogens (tertiary/aromatic N) is 1. The van der Waals surface area contributed by atoms with Gasteiger partial charge >= 0.3 is 12.1 Å². The molecule has 0 aliphatic heterocycles. The first-order valence-electron chi connectivity index (χ1n) is 6.30. The molecule has 1 aliphatic carbocycles. The van der Waals surface area contributed by atoms with Crippen LogP contribution in [-0.4, -0.2) is 23.3 Å². The normalized spacial score (nSPS) is 16.2. The van der Waals surface area contributed by atoms with Crippen molar-refractivity contribution < 1.29 is 22.7 Å². The summed E-state index contributed by atoms with van der Waals surface area (Å²) >= 11 is 0. The Kier molecular flexibility index (Phi) is 5.84. The lowest BCUT2D eigenvalue weighted by Gasteiger charge is -2.18. The van der Waals surface area contributed by atoms with E-state index in [1.165, 1.54) is 26.4 Å². The van der Waals surface area contributed by atoms with Gasteiger partial charge in [-0.1, -0.05) is 19.3 Å². The maximum absolute atomic E-state index is 11.7. The van der Waals surface area contributed by atoms with Gasteiger partial charge in [0.05, 0.1) is 24.9 Å². The highest BCUT2D eigenvalue weighted by atomic mass is 19.4. The van der Waals surface area contributed by atoms with Gasteiger partial charge in [0.1, 0.15) is 0 Å². The van der Waals surface area contributed by atoms with Gasteiger partial charge in [-0.15, -0.1) is 0 Å². The molecule has 0 unspecified atom stereocenters. The molecule has 0 bridgehead atoms. The van der Waals surface area contributed by atoms with Gasteiger partial charge in [-0.25, -0.2) is 0 Å². The van der Waals surface area contributed by atoms with Crippen LogP contribution in [0, 0.1) is 5.92 Å². The number of H-pyrrole nitrogens is 1. The monoisotopic (exact) mass is 293 g/mol. The minimum atomic E-state index is -4.43. The van der Waals surface area contributed by atoms with E-state index in [0.717, 1.165) is 19.0 Å². The molecule has 1 aliphatic rings. The van der Waals surface area contributed by atoms with Crippen LogP contribution in [0.1, 0.15) is 37.8 Å². The smallest absolute Gasteiger partial charge is 0.434 e. The molecule has 114 valence electrons. The fourth-order valence-corrected chi connectivity index (χ4v) is 2.03. The van der Waals surface area contributed by atoms with Crippen LogP contribution in [0.25, 0.3) is 0 Å². The molecule has 1 saturated carbocycles. The Bertz CT molecular complexity index is 426. The van der Waals surface area contributed by atoms with E-state index in [9.17, 15) is 18.0 Å². The Morgan fingerprint density at radius 1 is 1.40 bits per heavy atom. The molecule has 0 atom stereocenters. The predicted octanol–water partition coefficient (Wildman–Crippen LogP) is 2.75. The molecule has 1 aromatic heterocycles. The first-order chi connectivity index (χ1) is 9.36. The number of nitrogens with one attached hydrogen (secondary N) is 1. The number of aromatic amines is 1. The first-order valence-corrected chi connectivity index (χ1v) is 6.30. The van der Waals surface area contributed by atoms with E-state index in [0.29, 0.717) is 0 Å². The maximum Gasteiger partial charge on any atom is 0.434 e. The summed E-state index contributed by atoms with van der Waals surface area (Å²) in [6.45, 7) is 0. The lowest BCUT2D eigenvalue weighted by Crippen LogP contribution is -2.18. The van der Waals surface area contributed by atoms with E-state index in [4.69, 9.17) is 5.73 Å². The lowest BCUT2D eigenvalue weighted by molar-refractivity contribution is -0.146. The van der Waals surface area contributed by atoms with E-state index in [2.05, 4.69) is 9.84 Å². The van der Waals surface area contributed by atoms with Crippen LogP contribution in [-0.2, 0) is 15.7 Å². The van der Waals surface area contributed by atoms with Gasteiger partial charge in [-0.05, 0) is 12.8 Å². The quantitative estimate of drug-likeness (QED) is 0.780. The number of nitrogen functional groups attached to an aromatic ring is 1. The number of nitrogens with two attached hydrogens (primary N) is 1. The first kappa shape index (κ1) is 16.3. The summed E-state index contributed by atoms with van der Waals surface area (Å²) in [5, 5.41) is 4.86. The molecule has 0 radical (unpaired) electrons. The van der Waals surface area contributed by atoms with Crippen LogP contribution in [0.5, 0.6) is 0 Å². The number of methoxy groups -OCH3 is 1. The summed E-state index contributed by atoms with van der Waals surface area (Å²) in [5.74, 6) is 0.193. The van der Waals surface area contributed by atoms with Crippen molar-refractivity contribution in [2.75, 3.05) is 12.8 Å². The van der Waals surface area contributed by atoms with Crippen LogP contribution < -0.4 is 5.73 Å². The third-order valence-electron chi connectivity index (χ3n) is 3.09. The van der Waals surface area contributed by atoms with Gasteiger partial charge in [-0.2, -0.15) is 18.3 Å². The molecule has 5 nitrogen and oxygen atoms in total. The lowest BCUT2D eigenvalue weighted by atomic mass is 9.89. The van der Waals surface area contributed by atoms with Crippen LogP contribution in [0.2, 0.25) is 0 Å². The Balaban J connectivity index is 0.000000200. The number of carbonyl (C=O) groups is 1. The van der Waals surface area contributed by atoms with Crippen molar-refractivity contribution in [3.8, 4) is 0 Å². The van der Waals surface area contributed by atoms with Crippen molar-refractivity contribution in [2.24, 2.45) is 5.92 Å². The van der Waals surface area contributed by atoms with E-state index in [1.807, 2.05) is 0 Å². The van der Waals surface area contributed by atoms with Crippen molar-refractivity contribution >= 4 is 11.7 Å². The van der Waals surface area contributed by atoms with Crippen LogP contribution in [0.15, 0.2) is 6.20 Å². The summed E-state index contributed by atoms with van der Waals surface area (Å²) in [6.07, 6.45) is 2.23. The zero-order chi connectivity index (χ0) is 15.2. The Labute approximate surface area is 114 Å². The maximum atomic E-state index is 11.7. The van der Waals surface area contributed by atoms with Crippen molar-refractivity contribution in [3.05, 3.63) is 11.9 Å². The molecule has 1 heterocycles. The molecule has 3 N–H and O–H groups in total. The van der Waals surface area contributed by atoms with Crippen LogP contribution in [0.3, 0.4) is 0 Å². The van der Waals surface area contributed by atoms with E-state index < -0.39 is 11.9 Å². The second-order valence-corrected chi connectivity index (χ2v) is 4.56. The molecule has 2 rings (SSSR count). The summed E-state index contributed by atoms with van der Waals surface area (Å²) in [7, 11) is 1.47. The zero-order valence-corrected chi connectivity index (χ0v) is 11.2. The predicted molar refractivity (Wildman–Crippen MR) is 66.6 cm³/mol. The number of rotatable bonds is 1. The van der Waals surface area contributed by atoms with Gasteiger partial charge in [0.25, 0.3) is 0 Å². The molecular formula is C12H18F3N3O2. The van der Waals surface area contributed by atoms with Crippen molar-refractivity contribution in [2.45, 2.75) is 38.3 Å².